The van der Waals surface area contributed by atoms with Crippen LogP contribution >= 0.6 is 0 Å². The summed E-state index contributed by atoms with van der Waals surface area (Å²) in [5.41, 5.74) is 5.24. The van der Waals surface area contributed by atoms with Gasteiger partial charge in [0.25, 0.3) is 0 Å². The van der Waals surface area contributed by atoms with E-state index in [1.54, 1.807) is 11.0 Å². The smallest absolute Gasteiger partial charge is 0.234 e. The van der Waals surface area contributed by atoms with E-state index in [0.717, 1.165) is 72.1 Å². The number of hydrogen-bond donors (Lipinski definition) is 1. The normalized spacial score (nSPS) is 25.4. The minimum atomic E-state index is -0.356. The topological polar surface area (TPSA) is 76.1 Å². The highest BCUT2D eigenvalue weighted by molar-refractivity contribution is 6.06. The van der Waals surface area contributed by atoms with Crippen molar-refractivity contribution < 1.29 is 24.2 Å². The first kappa shape index (κ1) is 29.5. The van der Waals surface area contributed by atoms with Crippen LogP contribution in [-0.2, 0) is 14.3 Å². The molecule has 7 rings (SSSR count). The van der Waals surface area contributed by atoms with Gasteiger partial charge in [0.1, 0.15) is 18.1 Å². The molecule has 3 aromatic rings. The minimum absolute atomic E-state index is 0.00794. The Morgan fingerprint density at radius 2 is 1.58 bits per heavy atom. The molecule has 45 heavy (non-hydrogen) atoms. The predicted molar refractivity (Wildman–Crippen MR) is 174 cm³/mol. The monoisotopic (exact) mass is 603 g/mol. The van der Waals surface area contributed by atoms with Crippen molar-refractivity contribution in [1.29, 1.82) is 0 Å². The summed E-state index contributed by atoms with van der Waals surface area (Å²) in [7, 11) is 0. The molecule has 3 fully saturated rings. The van der Waals surface area contributed by atoms with Crippen molar-refractivity contribution in [2.75, 3.05) is 13.2 Å². The number of carbonyl (C=O) groups excluding carboxylic acids is 2. The van der Waals surface area contributed by atoms with Crippen molar-refractivity contribution in [2.45, 2.75) is 63.5 Å². The summed E-state index contributed by atoms with van der Waals surface area (Å²) >= 11 is 0. The summed E-state index contributed by atoms with van der Waals surface area (Å²) in [6, 6.07) is 27.4. The number of benzene rings is 3. The quantitative estimate of drug-likeness (QED) is 0.156. The van der Waals surface area contributed by atoms with Gasteiger partial charge in [-0.05, 0) is 78.7 Å². The molecule has 4 aliphatic rings. The molecule has 0 spiro atoms. The first-order valence-corrected chi connectivity index (χ1v) is 16.5. The number of nitrogens with zero attached hydrogens (tertiary/aromatic N) is 1. The summed E-state index contributed by atoms with van der Waals surface area (Å²) in [6.07, 6.45) is 9.02. The molecule has 2 aliphatic carbocycles. The van der Waals surface area contributed by atoms with Gasteiger partial charge in [-0.2, -0.15) is 0 Å². The fourth-order valence-electron chi connectivity index (χ4n) is 8.05. The van der Waals surface area contributed by atoms with Crippen molar-refractivity contribution in [3.8, 4) is 11.5 Å². The van der Waals surface area contributed by atoms with E-state index in [0.29, 0.717) is 19.6 Å². The van der Waals surface area contributed by atoms with Crippen LogP contribution in [0.25, 0.3) is 11.6 Å². The number of likely N-dealkylation sites (tertiary alicyclic amines) is 1. The number of fused-ring (bicyclic) bond motifs is 3. The molecule has 2 aliphatic heterocycles. The molecule has 232 valence electrons. The third-order valence-corrected chi connectivity index (χ3v) is 10.2. The predicted octanol–water partition coefficient (Wildman–Crippen LogP) is 7.44. The van der Waals surface area contributed by atoms with Crippen LogP contribution in [0.2, 0.25) is 0 Å². The number of imide groups is 1. The third-order valence-electron chi connectivity index (χ3n) is 10.2. The zero-order valence-electron chi connectivity index (χ0n) is 25.6. The fourth-order valence-corrected chi connectivity index (χ4v) is 8.05. The summed E-state index contributed by atoms with van der Waals surface area (Å²) in [4.78, 5) is 29.6. The van der Waals surface area contributed by atoms with Gasteiger partial charge < -0.3 is 14.6 Å². The van der Waals surface area contributed by atoms with Crippen LogP contribution in [0, 0.1) is 17.8 Å². The van der Waals surface area contributed by atoms with E-state index in [9.17, 15) is 14.7 Å². The SMILES string of the molecule is O=C1[C@@H]2[C@@H](CC(COc3ccccc3)=C3[C@@H](CC/C(=C/c4ccccc4O)c4ccccc4)OC[C@@H]32)C(=O)N1C1CCCCC1. The molecule has 4 atom stereocenters. The number of hydrogen-bond acceptors (Lipinski definition) is 5. The number of aromatic hydroxyl groups is 1. The van der Waals surface area contributed by atoms with Gasteiger partial charge in [-0.1, -0.05) is 86.0 Å². The number of allylic oxidation sites excluding steroid dienone is 1. The summed E-state index contributed by atoms with van der Waals surface area (Å²) in [5.74, 6) is 0.238. The standard InChI is InChI=1S/C39H41NO5/c41-34-19-11-10-14-28(34)22-27(26-12-4-1-5-13-26)20-21-35-36-29(24-44-31-17-8-3-9-18-31)23-32-37(33(36)25-45-35)39(43)40(38(32)42)30-15-6-2-7-16-30/h1,3-5,8-14,17-19,22,30,32-33,35,37,41H,2,6-7,15-16,20-21,23-25H2/b27-22-/t32-,33+,35-,37-/m1/s1. The lowest BCUT2D eigenvalue weighted by molar-refractivity contribution is -0.143. The molecule has 1 N–H and O–H groups in total. The molecular weight excluding hydrogens is 562 g/mol. The Hall–Kier alpha value is -4.16. The Morgan fingerprint density at radius 3 is 2.33 bits per heavy atom. The Morgan fingerprint density at radius 1 is 0.867 bits per heavy atom. The summed E-state index contributed by atoms with van der Waals surface area (Å²) < 4.78 is 12.8. The zero-order valence-corrected chi connectivity index (χ0v) is 25.6. The first-order valence-electron chi connectivity index (χ1n) is 16.5. The molecule has 6 heteroatoms. The van der Waals surface area contributed by atoms with Crippen molar-refractivity contribution in [3.63, 3.8) is 0 Å². The number of carbonyl (C=O) groups is 2. The van der Waals surface area contributed by atoms with Crippen LogP contribution in [0.5, 0.6) is 11.5 Å². The zero-order chi connectivity index (χ0) is 30.8. The summed E-state index contributed by atoms with van der Waals surface area (Å²) in [6.45, 7) is 0.820. The van der Waals surface area contributed by atoms with Gasteiger partial charge in [0.15, 0.2) is 0 Å². The van der Waals surface area contributed by atoms with Crippen LogP contribution in [0.4, 0.5) is 0 Å². The van der Waals surface area contributed by atoms with E-state index >= 15 is 0 Å². The van der Waals surface area contributed by atoms with Crippen LogP contribution in [0.1, 0.15) is 62.5 Å². The van der Waals surface area contributed by atoms with E-state index < -0.39 is 0 Å². The van der Waals surface area contributed by atoms with Gasteiger partial charge in [-0.15, -0.1) is 0 Å². The Labute approximate surface area is 265 Å². The van der Waals surface area contributed by atoms with E-state index in [4.69, 9.17) is 9.47 Å². The lowest BCUT2D eigenvalue weighted by atomic mass is 9.69. The van der Waals surface area contributed by atoms with Crippen molar-refractivity contribution in [1.82, 2.24) is 4.90 Å². The molecular formula is C39H41NO5. The van der Waals surface area contributed by atoms with Crippen LogP contribution in [0.3, 0.4) is 0 Å². The maximum atomic E-state index is 14.0. The average molecular weight is 604 g/mol. The van der Waals surface area contributed by atoms with Crippen LogP contribution in [0.15, 0.2) is 96.1 Å². The Kier molecular flexibility index (Phi) is 8.57. The van der Waals surface area contributed by atoms with E-state index in [1.807, 2.05) is 66.7 Å². The highest BCUT2D eigenvalue weighted by atomic mass is 16.5. The molecule has 2 heterocycles. The molecule has 0 radical (unpaired) electrons. The number of amides is 2. The average Bonchev–Trinajstić information content (AvgIpc) is 3.61. The van der Waals surface area contributed by atoms with E-state index in [2.05, 4.69) is 18.2 Å². The maximum absolute atomic E-state index is 14.0. The van der Waals surface area contributed by atoms with Gasteiger partial charge in [-0.25, -0.2) is 0 Å². The van der Waals surface area contributed by atoms with Gasteiger partial charge in [0, 0.05) is 17.5 Å². The van der Waals surface area contributed by atoms with E-state index in [-0.39, 0.29) is 47.5 Å². The Balaban J connectivity index is 1.18. The molecule has 2 amide bonds. The van der Waals surface area contributed by atoms with Gasteiger partial charge in [0.05, 0.1) is 24.5 Å². The molecule has 3 aromatic carbocycles. The second kappa shape index (κ2) is 13.1. The first-order chi connectivity index (χ1) is 22.1. The van der Waals surface area contributed by atoms with Crippen molar-refractivity contribution in [2.24, 2.45) is 17.8 Å². The fraction of sp³-hybridized carbons (Fsp3) is 0.385. The maximum Gasteiger partial charge on any atom is 0.234 e. The van der Waals surface area contributed by atoms with Crippen LogP contribution < -0.4 is 4.74 Å². The number of phenolic OH excluding ortho intramolecular Hbond substituents is 1. The minimum Gasteiger partial charge on any atom is -0.507 e. The molecule has 6 nitrogen and oxygen atoms in total. The molecule has 0 aromatic heterocycles. The van der Waals surface area contributed by atoms with Crippen molar-refractivity contribution in [3.05, 3.63) is 107 Å². The molecule has 1 saturated carbocycles. The van der Waals surface area contributed by atoms with Gasteiger partial charge in [-0.3, -0.25) is 14.5 Å². The number of para-hydroxylation sites is 2. The Bertz CT molecular complexity index is 1590. The third kappa shape index (κ3) is 5.96. The summed E-state index contributed by atoms with van der Waals surface area (Å²) in [5, 5.41) is 10.5. The van der Waals surface area contributed by atoms with Crippen molar-refractivity contribution >= 4 is 23.5 Å². The number of ether oxygens (including phenoxy) is 2. The number of rotatable bonds is 9. The molecule has 0 bridgehead atoms. The molecule has 2 saturated heterocycles. The van der Waals surface area contributed by atoms with Crippen LogP contribution in [-0.4, -0.2) is 47.2 Å². The largest absolute Gasteiger partial charge is 0.507 e. The highest BCUT2D eigenvalue weighted by Crippen LogP contribution is 2.51. The lowest BCUT2D eigenvalue weighted by Crippen LogP contribution is -2.42. The highest BCUT2D eigenvalue weighted by Gasteiger charge is 2.58. The number of phenols is 1. The molecule has 0 unspecified atom stereocenters. The van der Waals surface area contributed by atoms with Gasteiger partial charge in [0.2, 0.25) is 11.8 Å². The second-order valence-electron chi connectivity index (χ2n) is 12.9. The van der Waals surface area contributed by atoms with E-state index in [1.165, 1.54) is 6.42 Å². The van der Waals surface area contributed by atoms with Gasteiger partial charge >= 0.3 is 0 Å². The lowest BCUT2D eigenvalue weighted by Gasteiger charge is -2.32. The second-order valence-corrected chi connectivity index (χ2v) is 12.9.